The lowest BCUT2D eigenvalue weighted by Gasteiger charge is -2.25. The highest BCUT2D eigenvalue weighted by Crippen LogP contribution is 2.34. The van der Waals surface area contributed by atoms with Crippen LogP contribution in [0.25, 0.3) is 11.1 Å². The zero-order valence-electron chi connectivity index (χ0n) is 15.0. The molecule has 1 aliphatic heterocycles. The first-order valence-corrected chi connectivity index (χ1v) is 10.1. The molecule has 0 aliphatic carbocycles. The molecule has 1 aliphatic rings. The van der Waals surface area contributed by atoms with Gasteiger partial charge in [-0.3, -0.25) is 0 Å². The molecule has 1 fully saturated rings. The highest BCUT2D eigenvalue weighted by Gasteiger charge is 2.36. The minimum absolute atomic E-state index is 0.0210. The molecule has 0 aromatic carbocycles. The summed E-state index contributed by atoms with van der Waals surface area (Å²) in [5, 5.41) is 0. The maximum Gasteiger partial charge on any atom is 0.281 e. The van der Waals surface area contributed by atoms with E-state index in [1.807, 2.05) is 19.9 Å². The summed E-state index contributed by atoms with van der Waals surface area (Å²) in [7, 11) is -3.43. The lowest BCUT2D eigenvalue weighted by Crippen LogP contribution is -2.42. The van der Waals surface area contributed by atoms with Crippen LogP contribution in [0.1, 0.15) is 31.9 Å². The van der Waals surface area contributed by atoms with Gasteiger partial charge in [-0.25, -0.2) is 15.0 Å². The average Bonchev–Trinajstić information content (AvgIpc) is 3.13. The number of nitrogen functional groups attached to an aromatic ring is 1. The van der Waals surface area contributed by atoms with Crippen LogP contribution in [0, 0.1) is 0 Å². The summed E-state index contributed by atoms with van der Waals surface area (Å²) in [6, 6.07) is 3.64. The Bertz CT molecular complexity index is 869. The quantitative estimate of drug-likeness (QED) is 0.819. The van der Waals surface area contributed by atoms with Crippen LogP contribution < -0.4 is 5.73 Å². The molecule has 2 N–H and O–H groups in total. The second-order valence-corrected chi connectivity index (χ2v) is 8.16. The van der Waals surface area contributed by atoms with Gasteiger partial charge in [-0.2, -0.15) is 17.0 Å². The monoisotopic (exact) mass is 376 g/mol. The zero-order valence-corrected chi connectivity index (χ0v) is 15.9. The third kappa shape index (κ3) is 3.55. The minimum atomic E-state index is -3.43. The number of anilines is 1. The van der Waals surface area contributed by atoms with E-state index in [4.69, 9.17) is 5.73 Å². The fraction of sp³-hybridized carbons (Fsp3) is 0.471. The topological polar surface area (TPSA) is 105 Å². The van der Waals surface area contributed by atoms with Crippen LogP contribution in [0.15, 0.2) is 30.9 Å². The predicted octanol–water partition coefficient (Wildman–Crippen LogP) is 1.50. The van der Waals surface area contributed by atoms with Crippen LogP contribution in [-0.2, 0) is 10.2 Å². The van der Waals surface area contributed by atoms with Gasteiger partial charge in [0.15, 0.2) is 0 Å². The minimum Gasteiger partial charge on any atom is -0.384 e. The Morgan fingerprint density at radius 3 is 2.77 bits per heavy atom. The third-order valence-electron chi connectivity index (χ3n) is 4.73. The van der Waals surface area contributed by atoms with Gasteiger partial charge in [0.05, 0.1) is 5.69 Å². The summed E-state index contributed by atoms with van der Waals surface area (Å²) in [6.45, 7) is 5.55. The molecule has 3 rings (SSSR count). The van der Waals surface area contributed by atoms with E-state index >= 15 is 0 Å². The summed E-state index contributed by atoms with van der Waals surface area (Å²) in [5.41, 5.74) is 8.40. The van der Waals surface area contributed by atoms with Crippen molar-refractivity contribution >= 4 is 16.0 Å². The molecule has 0 bridgehead atoms. The van der Waals surface area contributed by atoms with Crippen LogP contribution in [0.4, 0.5) is 5.82 Å². The van der Waals surface area contributed by atoms with E-state index in [1.165, 1.54) is 10.6 Å². The smallest absolute Gasteiger partial charge is 0.281 e. The average molecular weight is 376 g/mol. The van der Waals surface area contributed by atoms with Gasteiger partial charge in [-0.1, -0.05) is 13.8 Å². The summed E-state index contributed by atoms with van der Waals surface area (Å²) < 4.78 is 28.6. The Kier molecular flexibility index (Phi) is 5.49. The largest absolute Gasteiger partial charge is 0.384 e. The predicted molar refractivity (Wildman–Crippen MR) is 100 cm³/mol. The fourth-order valence-corrected chi connectivity index (χ4v) is 5.06. The van der Waals surface area contributed by atoms with Crippen molar-refractivity contribution in [3.63, 3.8) is 0 Å². The van der Waals surface area contributed by atoms with Gasteiger partial charge in [0.2, 0.25) is 0 Å². The number of aromatic nitrogens is 3. The van der Waals surface area contributed by atoms with Crippen molar-refractivity contribution in [3.8, 4) is 11.1 Å². The molecule has 3 heterocycles. The van der Waals surface area contributed by atoms with Gasteiger partial charge < -0.3 is 5.73 Å². The molecule has 0 saturated carbocycles. The van der Waals surface area contributed by atoms with Crippen molar-refractivity contribution in [1.82, 2.24) is 23.6 Å². The van der Waals surface area contributed by atoms with Crippen LogP contribution in [0.2, 0.25) is 0 Å². The van der Waals surface area contributed by atoms with Gasteiger partial charge in [0, 0.05) is 50.1 Å². The maximum absolute atomic E-state index is 12.8. The van der Waals surface area contributed by atoms with E-state index in [1.54, 1.807) is 22.8 Å². The molecule has 8 nitrogen and oxygen atoms in total. The van der Waals surface area contributed by atoms with E-state index < -0.39 is 10.2 Å². The number of pyridine rings is 1. The van der Waals surface area contributed by atoms with Crippen molar-refractivity contribution in [2.24, 2.45) is 0 Å². The van der Waals surface area contributed by atoms with E-state index in [-0.39, 0.29) is 5.92 Å². The first-order chi connectivity index (χ1) is 12.5. The Balaban J connectivity index is 1.88. The first-order valence-electron chi connectivity index (χ1n) is 8.74. The maximum atomic E-state index is 12.8. The van der Waals surface area contributed by atoms with Gasteiger partial charge >= 0.3 is 0 Å². The first kappa shape index (κ1) is 18.7. The highest BCUT2D eigenvalue weighted by molar-refractivity contribution is 7.86. The summed E-state index contributed by atoms with van der Waals surface area (Å²) in [4.78, 5) is 12.6. The van der Waals surface area contributed by atoms with Gasteiger partial charge in [0.1, 0.15) is 12.1 Å². The molecular weight excluding hydrogens is 352 g/mol. The van der Waals surface area contributed by atoms with Crippen LogP contribution in [0.5, 0.6) is 0 Å². The number of hydrogen-bond acceptors (Lipinski definition) is 6. The molecule has 140 valence electrons. The van der Waals surface area contributed by atoms with Gasteiger partial charge in [-0.05, 0) is 24.1 Å². The molecule has 1 saturated heterocycles. The molecule has 0 radical (unpaired) electrons. The molecular formula is C17H24N6O2S. The molecule has 9 heteroatoms. The Morgan fingerprint density at radius 2 is 2.08 bits per heavy atom. The second-order valence-electron chi connectivity index (χ2n) is 6.23. The normalized spacial score (nSPS) is 18.5. The molecule has 0 unspecified atom stereocenters. The molecule has 0 spiro atoms. The van der Waals surface area contributed by atoms with Crippen molar-refractivity contribution < 1.29 is 8.42 Å². The van der Waals surface area contributed by atoms with E-state index in [2.05, 4.69) is 15.0 Å². The second kappa shape index (κ2) is 7.65. The number of nitrogens with zero attached hydrogens (tertiary/aromatic N) is 5. The summed E-state index contributed by atoms with van der Waals surface area (Å²) >= 11 is 0. The number of rotatable bonds is 6. The zero-order chi connectivity index (χ0) is 18.7. The van der Waals surface area contributed by atoms with Crippen molar-refractivity contribution in [2.45, 2.75) is 26.2 Å². The van der Waals surface area contributed by atoms with Gasteiger partial charge in [-0.15, -0.1) is 0 Å². The van der Waals surface area contributed by atoms with E-state index in [0.29, 0.717) is 32.0 Å². The summed E-state index contributed by atoms with van der Waals surface area (Å²) in [5.74, 6) is 0.446. The Morgan fingerprint density at radius 1 is 1.31 bits per heavy atom. The van der Waals surface area contributed by atoms with Crippen molar-refractivity contribution in [1.29, 1.82) is 0 Å². The third-order valence-corrected chi connectivity index (χ3v) is 6.88. The molecule has 26 heavy (non-hydrogen) atoms. The lowest BCUT2D eigenvalue weighted by atomic mass is 9.96. The van der Waals surface area contributed by atoms with Crippen molar-refractivity contribution in [2.75, 3.05) is 31.9 Å². The Hall–Kier alpha value is -2.10. The van der Waals surface area contributed by atoms with Crippen molar-refractivity contribution in [3.05, 3.63) is 36.5 Å². The lowest BCUT2D eigenvalue weighted by molar-refractivity contribution is 0.377. The number of hydrogen-bond donors (Lipinski definition) is 1. The van der Waals surface area contributed by atoms with Crippen LogP contribution in [-0.4, -0.2) is 58.2 Å². The molecule has 2 aromatic rings. The SMILES string of the molecule is CCN(CC)S(=O)(=O)N1CC[C@@H](c2ncncc2-c2ccnc(N)c2)C1. The molecule has 2 aromatic heterocycles. The number of nitrogens with two attached hydrogens (primary N) is 1. The Labute approximate surface area is 154 Å². The van der Waals surface area contributed by atoms with Crippen LogP contribution >= 0.6 is 0 Å². The van der Waals surface area contributed by atoms with Gasteiger partial charge in [0.25, 0.3) is 10.2 Å². The fourth-order valence-electron chi connectivity index (χ4n) is 3.38. The molecule has 1 atom stereocenters. The molecule has 0 amide bonds. The summed E-state index contributed by atoms with van der Waals surface area (Å²) in [6.07, 6.45) is 5.63. The van der Waals surface area contributed by atoms with E-state index in [0.717, 1.165) is 23.2 Å². The van der Waals surface area contributed by atoms with Crippen LogP contribution in [0.3, 0.4) is 0 Å². The highest BCUT2D eigenvalue weighted by atomic mass is 32.2. The van der Waals surface area contributed by atoms with E-state index in [9.17, 15) is 8.42 Å². The standard InChI is InChI=1S/C17H24N6O2S/c1-3-22(4-2)26(24,25)23-8-6-14(11-23)17-15(10-19-12-21-17)13-5-7-20-16(18)9-13/h5,7,9-10,12,14H,3-4,6,8,11H2,1-2H3,(H2,18,20)/t14-/m1/s1.